The van der Waals surface area contributed by atoms with Gasteiger partial charge in [0.25, 0.3) is 0 Å². The van der Waals surface area contributed by atoms with Gasteiger partial charge in [0.15, 0.2) is 0 Å². The molecule has 3 atom stereocenters. The summed E-state index contributed by atoms with van der Waals surface area (Å²) in [6.07, 6.45) is 11.7. The van der Waals surface area contributed by atoms with Crippen LogP contribution in [-0.2, 0) is 11.2 Å². The largest absolute Gasteiger partial charge is 0.472 e. The Labute approximate surface area is 166 Å². The third-order valence-electron chi connectivity index (χ3n) is 6.83. The molecular weight excluding hydrogens is 348 g/mol. The van der Waals surface area contributed by atoms with Crippen LogP contribution in [0.4, 0.5) is 0 Å². The lowest BCUT2D eigenvalue weighted by Gasteiger charge is -2.52. The molecule has 2 bridgehead atoms. The molecule has 2 aliphatic carbocycles. The van der Waals surface area contributed by atoms with E-state index in [9.17, 15) is 4.79 Å². The van der Waals surface area contributed by atoms with E-state index >= 15 is 0 Å². The second-order valence-corrected chi connectivity index (χ2v) is 8.63. The lowest BCUT2D eigenvalue weighted by Crippen LogP contribution is -2.61. The van der Waals surface area contributed by atoms with E-state index in [0.29, 0.717) is 12.0 Å². The van der Waals surface area contributed by atoms with Gasteiger partial charge in [-0.15, -0.1) is 0 Å². The Kier molecular flexibility index (Phi) is 4.59. The summed E-state index contributed by atoms with van der Waals surface area (Å²) in [6, 6.07) is 11.4. The number of nitrogens with zero attached hydrogens (tertiary/aromatic N) is 2. The van der Waals surface area contributed by atoms with Crippen molar-refractivity contribution in [2.45, 2.75) is 43.7 Å². The van der Waals surface area contributed by atoms with E-state index in [2.05, 4.69) is 29.2 Å². The van der Waals surface area contributed by atoms with Crippen molar-refractivity contribution in [1.29, 1.82) is 0 Å². The minimum Gasteiger partial charge on any atom is -0.472 e. The monoisotopic (exact) mass is 376 g/mol. The number of amides is 1. The molecule has 0 N–H and O–H groups in total. The number of fused-ring (bicyclic) bond motifs is 4. The van der Waals surface area contributed by atoms with Gasteiger partial charge in [0, 0.05) is 37.2 Å². The lowest BCUT2D eigenvalue weighted by molar-refractivity contribution is -0.130. The lowest BCUT2D eigenvalue weighted by atomic mass is 9.71. The maximum Gasteiger partial charge on any atom is 0.246 e. The van der Waals surface area contributed by atoms with Gasteiger partial charge < -0.3 is 9.32 Å². The molecule has 3 unspecified atom stereocenters. The van der Waals surface area contributed by atoms with E-state index in [1.54, 1.807) is 18.6 Å². The normalized spacial score (nSPS) is 27.0. The molecule has 1 aromatic carbocycles. The van der Waals surface area contributed by atoms with E-state index in [1.165, 1.54) is 30.5 Å². The van der Waals surface area contributed by atoms with Gasteiger partial charge in [-0.25, -0.2) is 0 Å². The second kappa shape index (κ2) is 7.25. The zero-order chi connectivity index (χ0) is 19.1. The highest BCUT2D eigenvalue weighted by molar-refractivity contribution is 5.92. The highest BCUT2D eigenvalue weighted by Crippen LogP contribution is 2.43. The first-order valence-electron chi connectivity index (χ1n) is 10.5. The van der Waals surface area contributed by atoms with Gasteiger partial charge in [-0.2, -0.15) is 0 Å². The summed E-state index contributed by atoms with van der Waals surface area (Å²) in [5, 5.41) is 0. The average Bonchev–Trinajstić information content (AvgIpc) is 3.38. The van der Waals surface area contributed by atoms with Crippen molar-refractivity contribution in [3.63, 3.8) is 0 Å². The first-order chi connectivity index (χ1) is 13.7. The first-order valence-corrected chi connectivity index (χ1v) is 10.5. The second-order valence-electron chi connectivity index (χ2n) is 8.63. The molecule has 28 heavy (non-hydrogen) atoms. The predicted molar refractivity (Wildman–Crippen MR) is 110 cm³/mol. The molecular formula is C24H28N2O2. The molecule has 1 amide bonds. The van der Waals surface area contributed by atoms with Gasteiger partial charge in [0.05, 0.1) is 18.6 Å². The number of carbonyl (C=O) groups excluding carboxylic acids is 1. The Morgan fingerprint density at radius 1 is 1.25 bits per heavy atom. The summed E-state index contributed by atoms with van der Waals surface area (Å²) in [7, 11) is 1.99. The van der Waals surface area contributed by atoms with E-state index in [0.717, 1.165) is 30.9 Å². The summed E-state index contributed by atoms with van der Waals surface area (Å²) < 4.78 is 5.10. The van der Waals surface area contributed by atoms with Crippen molar-refractivity contribution in [3.8, 4) is 0 Å². The third kappa shape index (κ3) is 3.30. The molecule has 4 nitrogen and oxygen atoms in total. The van der Waals surface area contributed by atoms with Crippen LogP contribution in [0, 0.1) is 5.92 Å². The standard InChI is InChI=1S/C24H28N2O2/c1-25(23(27)9-8-18-11-13-28-16-18)24-21-10-12-26(15-17-6-7-17)22(24)14-19-4-2-3-5-20(19)21/h2-5,8-9,11,13,16-17,21-22,24H,6-7,10,12,14-15H2,1H3. The Balaban J connectivity index is 1.42. The van der Waals surface area contributed by atoms with Crippen LogP contribution >= 0.6 is 0 Å². The highest BCUT2D eigenvalue weighted by atomic mass is 16.3. The molecule has 2 aromatic rings. The van der Waals surface area contributed by atoms with Gasteiger partial charge in [-0.05, 0) is 61.4 Å². The molecule has 2 fully saturated rings. The summed E-state index contributed by atoms with van der Waals surface area (Å²) in [6.45, 7) is 2.35. The van der Waals surface area contributed by atoms with Crippen molar-refractivity contribution < 1.29 is 9.21 Å². The third-order valence-corrected chi connectivity index (χ3v) is 6.83. The molecule has 4 heteroatoms. The number of furan rings is 1. The van der Waals surface area contributed by atoms with E-state index in [-0.39, 0.29) is 11.9 Å². The molecule has 0 radical (unpaired) electrons. The maximum absolute atomic E-state index is 13.0. The van der Waals surface area contributed by atoms with Crippen LogP contribution in [0.1, 0.15) is 41.9 Å². The number of piperidine rings is 1. The number of benzene rings is 1. The summed E-state index contributed by atoms with van der Waals surface area (Å²) in [4.78, 5) is 17.7. The van der Waals surface area contributed by atoms with Gasteiger partial charge in [-0.1, -0.05) is 24.3 Å². The maximum atomic E-state index is 13.0. The van der Waals surface area contributed by atoms with Gasteiger partial charge >= 0.3 is 0 Å². The highest BCUT2D eigenvalue weighted by Gasteiger charge is 2.46. The van der Waals surface area contributed by atoms with Crippen molar-refractivity contribution in [2.24, 2.45) is 5.92 Å². The van der Waals surface area contributed by atoms with E-state index in [4.69, 9.17) is 4.42 Å². The zero-order valence-corrected chi connectivity index (χ0v) is 16.5. The Morgan fingerprint density at radius 3 is 2.89 bits per heavy atom. The number of carbonyl (C=O) groups is 1. The molecule has 1 saturated heterocycles. The Morgan fingerprint density at radius 2 is 2.11 bits per heavy atom. The smallest absolute Gasteiger partial charge is 0.246 e. The summed E-state index contributed by atoms with van der Waals surface area (Å²) in [5.74, 6) is 1.38. The molecule has 0 spiro atoms. The van der Waals surface area contributed by atoms with Crippen LogP contribution in [0.15, 0.2) is 53.4 Å². The van der Waals surface area contributed by atoms with Crippen LogP contribution in [-0.4, -0.2) is 47.9 Å². The number of hydrogen-bond donors (Lipinski definition) is 0. The molecule has 1 aromatic heterocycles. The van der Waals surface area contributed by atoms with Crippen LogP contribution in [0.3, 0.4) is 0 Å². The van der Waals surface area contributed by atoms with Crippen molar-refractivity contribution in [1.82, 2.24) is 9.80 Å². The van der Waals surface area contributed by atoms with Crippen molar-refractivity contribution >= 4 is 12.0 Å². The van der Waals surface area contributed by atoms with Crippen molar-refractivity contribution in [3.05, 3.63) is 65.6 Å². The molecule has 3 aliphatic rings. The quantitative estimate of drug-likeness (QED) is 0.742. The number of hydrogen-bond acceptors (Lipinski definition) is 3. The predicted octanol–water partition coefficient (Wildman–Crippen LogP) is 3.94. The molecule has 146 valence electrons. The fourth-order valence-electron chi connectivity index (χ4n) is 5.21. The van der Waals surface area contributed by atoms with Crippen LogP contribution in [0.25, 0.3) is 6.08 Å². The zero-order valence-electron chi connectivity index (χ0n) is 16.5. The van der Waals surface area contributed by atoms with Crippen LogP contribution in [0.5, 0.6) is 0 Å². The SMILES string of the molecule is CN(C(=O)C=Cc1ccoc1)C1C2CCN(CC3CC3)C1Cc1ccccc12. The number of rotatable bonds is 5. The molecule has 1 saturated carbocycles. The van der Waals surface area contributed by atoms with Gasteiger partial charge in [-0.3, -0.25) is 9.69 Å². The van der Waals surface area contributed by atoms with E-state index < -0.39 is 0 Å². The van der Waals surface area contributed by atoms with Crippen molar-refractivity contribution in [2.75, 3.05) is 20.1 Å². The minimum absolute atomic E-state index is 0.0776. The Bertz CT molecular complexity index is 868. The van der Waals surface area contributed by atoms with Gasteiger partial charge in [0.2, 0.25) is 5.91 Å². The van der Waals surface area contributed by atoms with Crippen LogP contribution < -0.4 is 0 Å². The number of likely N-dealkylation sites (N-methyl/N-ethyl adjacent to an activating group) is 1. The Hall–Kier alpha value is -2.33. The molecule has 5 rings (SSSR count). The van der Waals surface area contributed by atoms with Gasteiger partial charge in [0.1, 0.15) is 0 Å². The average molecular weight is 377 g/mol. The molecule has 1 aliphatic heterocycles. The molecule has 2 heterocycles. The van der Waals surface area contributed by atoms with E-state index in [1.807, 2.05) is 24.1 Å². The number of likely N-dealkylation sites (tertiary alicyclic amines) is 1. The summed E-state index contributed by atoms with van der Waals surface area (Å²) >= 11 is 0. The fraction of sp³-hybridized carbons (Fsp3) is 0.458. The fourth-order valence-corrected chi connectivity index (χ4v) is 5.21. The first kappa shape index (κ1) is 17.7. The van der Waals surface area contributed by atoms with Crippen LogP contribution in [0.2, 0.25) is 0 Å². The minimum atomic E-state index is 0.0776. The topological polar surface area (TPSA) is 36.7 Å². The summed E-state index contributed by atoms with van der Waals surface area (Å²) in [5.41, 5.74) is 3.85.